The standard InChI is InChI=1S/C16H34N2O/c1-4-6-13-19-14-12-18-11-8-7-9-16(18)15(3)17-10-5-2/h15-17H,4-14H2,1-3H3. The summed E-state index contributed by atoms with van der Waals surface area (Å²) in [7, 11) is 0. The fourth-order valence-corrected chi connectivity index (χ4v) is 2.90. The van der Waals surface area contributed by atoms with Crippen LogP contribution in [0.15, 0.2) is 0 Å². The molecular weight excluding hydrogens is 236 g/mol. The first-order chi connectivity index (χ1) is 9.29. The van der Waals surface area contributed by atoms with Gasteiger partial charge in [0.1, 0.15) is 0 Å². The Kier molecular flexibility index (Phi) is 9.48. The Morgan fingerprint density at radius 2 is 2.05 bits per heavy atom. The van der Waals surface area contributed by atoms with E-state index in [1.165, 1.54) is 45.1 Å². The second kappa shape index (κ2) is 10.6. The number of ether oxygens (including phenoxy) is 1. The minimum Gasteiger partial charge on any atom is -0.380 e. The average Bonchev–Trinajstić information content (AvgIpc) is 2.45. The number of hydrogen-bond acceptors (Lipinski definition) is 3. The number of nitrogens with one attached hydrogen (secondary N) is 1. The Morgan fingerprint density at radius 3 is 2.79 bits per heavy atom. The summed E-state index contributed by atoms with van der Waals surface area (Å²) < 4.78 is 5.72. The van der Waals surface area contributed by atoms with Crippen molar-refractivity contribution in [2.24, 2.45) is 0 Å². The van der Waals surface area contributed by atoms with E-state index in [2.05, 4.69) is 31.0 Å². The zero-order chi connectivity index (χ0) is 13.9. The van der Waals surface area contributed by atoms with Gasteiger partial charge < -0.3 is 10.1 Å². The minimum atomic E-state index is 0.607. The van der Waals surface area contributed by atoms with Gasteiger partial charge in [-0.25, -0.2) is 0 Å². The van der Waals surface area contributed by atoms with Crippen LogP contribution in [0.4, 0.5) is 0 Å². The van der Waals surface area contributed by atoms with Crippen LogP contribution in [-0.2, 0) is 4.74 Å². The van der Waals surface area contributed by atoms with E-state index in [0.717, 1.165) is 26.3 Å². The van der Waals surface area contributed by atoms with Crippen LogP contribution in [0.3, 0.4) is 0 Å². The van der Waals surface area contributed by atoms with Gasteiger partial charge in [-0.05, 0) is 45.7 Å². The largest absolute Gasteiger partial charge is 0.380 e. The van der Waals surface area contributed by atoms with Crippen LogP contribution in [0.2, 0.25) is 0 Å². The van der Waals surface area contributed by atoms with Crippen LogP contribution < -0.4 is 5.32 Å². The zero-order valence-electron chi connectivity index (χ0n) is 13.3. The maximum absolute atomic E-state index is 5.72. The van der Waals surface area contributed by atoms with E-state index in [-0.39, 0.29) is 0 Å². The van der Waals surface area contributed by atoms with Gasteiger partial charge >= 0.3 is 0 Å². The Bertz CT molecular complexity index is 211. The van der Waals surface area contributed by atoms with Crippen LogP contribution in [0.1, 0.15) is 59.3 Å². The quantitative estimate of drug-likeness (QED) is 0.618. The average molecular weight is 270 g/mol. The number of hydrogen-bond donors (Lipinski definition) is 1. The van der Waals surface area contributed by atoms with Gasteiger partial charge in [-0.3, -0.25) is 4.90 Å². The van der Waals surface area contributed by atoms with E-state index in [1.54, 1.807) is 0 Å². The molecule has 0 aromatic carbocycles. The number of unbranched alkanes of at least 4 members (excludes halogenated alkanes) is 1. The van der Waals surface area contributed by atoms with Crippen molar-refractivity contribution in [3.05, 3.63) is 0 Å². The molecule has 1 saturated heterocycles. The van der Waals surface area contributed by atoms with E-state index in [0.29, 0.717) is 12.1 Å². The maximum atomic E-state index is 5.72. The van der Waals surface area contributed by atoms with E-state index >= 15 is 0 Å². The third kappa shape index (κ3) is 6.73. The van der Waals surface area contributed by atoms with Crippen molar-refractivity contribution in [1.82, 2.24) is 10.2 Å². The summed E-state index contributed by atoms with van der Waals surface area (Å²) >= 11 is 0. The topological polar surface area (TPSA) is 24.5 Å². The summed E-state index contributed by atoms with van der Waals surface area (Å²) in [5.41, 5.74) is 0. The van der Waals surface area contributed by atoms with Gasteiger partial charge in [0.2, 0.25) is 0 Å². The maximum Gasteiger partial charge on any atom is 0.0593 e. The molecule has 2 atom stereocenters. The highest BCUT2D eigenvalue weighted by Gasteiger charge is 2.26. The molecule has 0 spiro atoms. The molecule has 1 heterocycles. The minimum absolute atomic E-state index is 0.607. The Morgan fingerprint density at radius 1 is 1.21 bits per heavy atom. The number of nitrogens with zero attached hydrogens (tertiary/aromatic N) is 1. The lowest BCUT2D eigenvalue weighted by Gasteiger charge is -2.39. The third-order valence-corrected chi connectivity index (χ3v) is 4.12. The van der Waals surface area contributed by atoms with Crippen molar-refractivity contribution < 1.29 is 4.74 Å². The van der Waals surface area contributed by atoms with Crippen LogP contribution in [-0.4, -0.2) is 49.8 Å². The van der Waals surface area contributed by atoms with Gasteiger partial charge in [-0.1, -0.05) is 26.7 Å². The van der Waals surface area contributed by atoms with E-state index in [4.69, 9.17) is 4.74 Å². The van der Waals surface area contributed by atoms with Crippen LogP contribution in [0, 0.1) is 0 Å². The normalized spacial score (nSPS) is 22.6. The van der Waals surface area contributed by atoms with E-state index in [1.807, 2.05) is 0 Å². The van der Waals surface area contributed by atoms with Gasteiger partial charge in [0.25, 0.3) is 0 Å². The van der Waals surface area contributed by atoms with Gasteiger partial charge in [-0.2, -0.15) is 0 Å². The number of piperidine rings is 1. The fourth-order valence-electron chi connectivity index (χ4n) is 2.90. The van der Waals surface area contributed by atoms with Crippen LogP contribution in [0.5, 0.6) is 0 Å². The summed E-state index contributed by atoms with van der Waals surface area (Å²) in [4.78, 5) is 2.64. The molecule has 3 heteroatoms. The molecule has 0 amide bonds. The lowest BCUT2D eigenvalue weighted by atomic mass is 9.96. The summed E-state index contributed by atoms with van der Waals surface area (Å²) in [5, 5.41) is 3.66. The molecule has 114 valence electrons. The molecule has 0 aliphatic carbocycles. The first-order valence-corrected chi connectivity index (χ1v) is 8.34. The molecule has 1 aliphatic rings. The van der Waals surface area contributed by atoms with Crippen LogP contribution in [0.25, 0.3) is 0 Å². The lowest BCUT2D eigenvalue weighted by Crippen LogP contribution is -2.52. The molecule has 1 aliphatic heterocycles. The molecule has 1 rings (SSSR count). The van der Waals surface area contributed by atoms with Crippen LogP contribution >= 0.6 is 0 Å². The van der Waals surface area contributed by atoms with Crippen molar-refractivity contribution in [1.29, 1.82) is 0 Å². The van der Waals surface area contributed by atoms with Crippen molar-refractivity contribution in [3.63, 3.8) is 0 Å². The number of likely N-dealkylation sites (tertiary alicyclic amines) is 1. The zero-order valence-corrected chi connectivity index (χ0v) is 13.3. The highest BCUT2D eigenvalue weighted by molar-refractivity contribution is 4.84. The highest BCUT2D eigenvalue weighted by atomic mass is 16.5. The summed E-state index contributed by atoms with van der Waals surface area (Å²) in [6.45, 7) is 12.1. The Balaban J connectivity index is 2.26. The molecular formula is C16H34N2O. The van der Waals surface area contributed by atoms with Crippen molar-refractivity contribution in [2.45, 2.75) is 71.4 Å². The molecule has 3 nitrogen and oxygen atoms in total. The molecule has 0 saturated carbocycles. The van der Waals surface area contributed by atoms with Gasteiger partial charge in [0.15, 0.2) is 0 Å². The Labute approximate surface area is 120 Å². The summed E-state index contributed by atoms with van der Waals surface area (Å²) in [6.07, 6.45) is 7.72. The molecule has 0 aromatic rings. The third-order valence-electron chi connectivity index (χ3n) is 4.12. The van der Waals surface area contributed by atoms with Gasteiger partial charge in [0.05, 0.1) is 6.61 Å². The molecule has 1 N–H and O–H groups in total. The SMILES string of the molecule is CCCCOCCN1CCCCC1C(C)NCCC. The fraction of sp³-hybridized carbons (Fsp3) is 1.00. The lowest BCUT2D eigenvalue weighted by molar-refractivity contribution is 0.0598. The summed E-state index contributed by atoms with van der Waals surface area (Å²) in [5.74, 6) is 0. The smallest absolute Gasteiger partial charge is 0.0593 e. The first kappa shape index (κ1) is 16.9. The molecule has 0 bridgehead atoms. The Hall–Kier alpha value is -0.120. The van der Waals surface area contributed by atoms with Gasteiger partial charge in [-0.15, -0.1) is 0 Å². The van der Waals surface area contributed by atoms with Crippen molar-refractivity contribution in [3.8, 4) is 0 Å². The predicted molar refractivity (Wildman–Crippen MR) is 82.7 cm³/mol. The summed E-state index contributed by atoms with van der Waals surface area (Å²) in [6, 6.07) is 1.31. The second-order valence-corrected chi connectivity index (χ2v) is 5.81. The molecule has 0 aromatic heterocycles. The second-order valence-electron chi connectivity index (χ2n) is 5.81. The number of rotatable bonds is 10. The molecule has 0 radical (unpaired) electrons. The first-order valence-electron chi connectivity index (χ1n) is 8.34. The molecule has 19 heavy (non-hydrogen) atoms. The van der Waals surface area contributed by atoms with Crippen molar-refractivity contribution in [2.75, 3.05) is 32.8 Å². The predicted octanol–water partition coefficient (Wildman–Crippen LogP) is 3.05. The van der Waals surface area contributed by atoms with E-state index < -0.39 is 0 Å². The molecule has 1 fully saturated rings. The monoisotopic (exact) mass is 270 g/mol. The van der Waals surface area contributed by atoms with E-state index in [9.17, 15) is 0 Å². The molecule has 2 unspecified atom stereocenters. The van der Waals surface area contributed by atoms with Crippen molar-refractivity contribution >= 4 is 0 Å². The highest BCUT2D eigenvalue weighted by Crippen LogP contribution is 2.19. The van der Waals surface area contributed by atoms with Gasteiger partial charge in [0, 0.05) is 25.2 Å².